The Labute approximate surface area is 203 Å². The molecule has 0 bridgehead atoms. The fourth-order valence-electron chi connectivity index (χ4n) is 3.68. The first-order valence-electron chi connectivity index (χ1n) is 10.9. The topological polar surface area (TPSA) is 74.5 Å². The molecule has 1 aliphatic heterocycles. The number of rotatable bonds is 7. The van der Waals surface area contributed by atoms with E-state index in [9.17, 15) is 22.4 Å². The van der Waals surface area contributed by atoms with Gasteiger partial charge in [0.2, 0.25) is 11.8 Å². The molecule has 0 aliphatic carbocycles. The van der Waals surface area contributed by atoms with E-state index in [0.29, 0.717) is 24.3 Å². The summed E-state index contributed by atoms with van der Waals surface area (Å²) >= 11 is 0.952. The third-order valence-corrected chi connectivity index (χ3v) is 6.40. The van der Waals surface area contributed by atoms with Crippen LogP contribution in [-0.2, 0) is 11.0 Å². The van der Waals surface area contributed by atoms with Crippen LogP contribution in [0.5, 0.6) is 0 Å². The summed E-state index contributed by atoms with van der Waals surface area (Å²) in [6, 6.07) is 8.88. The summed E-state index contributed by atoms with van der Waals surface area (Å²) in [6.07, 6.45) is -4.53. The molecule has 1 aromatic heterocycles. The summed E-state index contributed by atoms with van der Waals surface area (Å²) in [5.41, 5.74) is 0.334. The number of likely N-dealkylation sites (N-methyl/N-ethyl adjacent to an activating group) is 1. The van der Waals surface area contributed by atoms with Gasteiger partial charge in [-0.25, -0.2) is 4.39 Å². The molecule has 186 valence electrons. The fraction of sp³-hybridized carbons (Fsp3) is 0.348. The average molecular weight is 510 g/mol. The molecule has 0 saturated carbocycles. The second-order valence-corrected chi connectivity index (χ2v) is 8.79. The van der Waals surface area contributed by atoms with Crippen LogP contribution in [0.4, 0.5) is 28.9 Å². The molecule has 0 unspecified atom stereocenters. The van der Waals surface area contributed by atoms with Gasteiger partial charge in [0.1, 0.15) is 5.82 Å². The summed E-state index contributed by atoms with van der Waals surface area (Å²) in [5, 5.41) is 10.5. The van der Waals surface area contributed by atoms with Crippen LogP contribution >= 0.6 is 11.8 Å². The minimum absolute atomic E-state index is 0.105. The Balaban J connectivity index is 1.44. The Hall–Kier alpha value is -3.12. The van der Waals surface area contributed by atoms with E-state index in [0.717, 1.165) is 43.5 Å². The van der Waals surface area contributed by atoms with Crippen LogP contribution in [0.3, 0.4) is 0 Å². The SMILES string of the molecule is CCN1CCN(c2ccc(C(F)(F)F)cc2NC(=O)CSc2nnc(-c3ccc(F)cc3)o2)CC1. The number of carbonyl (C=O) groups is 1. The number of hydrogen-bond acceptors (Lipinski definition) is 7. The molecule has 3 aromatic rings. The minimum Gasteiger partial charge on any atom is -0.411 e. The van der Waals surface area contributed by atoms with Gasteiger partial charge in [-0.2, -0.15) is 13.2 Å². The van der Waals surface area contributed by atoms with Crippen molar-refractivity contribution in [2.75, 3.05) is 48.7 Å². The van der Waals surface area contributed by atoms with Gasteiger partial charge in [0.15, 0.2) is 0 Å². The van der Waals surface area contributed by atoms with Gasteiger partial charge < -0.3 is 19.5 Å². The van der Waals surface area contributed by atoms with E-state index in [-0.39, 0.29) is 22.6 Å². The lowest BCUT2D eigenvalue weighted by molar-refractivity contribution is -0.137. The van der Waals surface area contributed by atoms with Gasteiger partial charge in [-0.15, -0.1) is 10.2 Å². The first-order valence-corrected chi connectivity index (χ1v) is 11.9. The zero-order chi connectivity index (χ0) is 25.0. The highest BCUT2D eigenvalue weighted by Gasteiger charge is 2.32. The van der Waals surface area contributed by atoms with Crippen molar-refractivity contribution < 1.29 is 26.8 Å². The summed E-state index contributed by atoms with van der Waals surface area (Å²) < 4.78 is 58.5. The van der Waals surface area contributed by atoms with Crippen LogP contribution in [0.1, 0.15) is 12.5 Å². The predicted molar refractivity (Wildman–Crippen MR) is 125 cm³/mol. The Morgan fingerprint density at radius 3 is 2.46 bits per heavy atom. The molecule has 4 rings (SSSR count). The van der Waals surface area contributed by atoms with Crippen molar-refractivity contribution in [1.29, 1.82) is 0 Å². The van der Waals surface area contributed by atoms with Crippen molar-refractivity contribution in [3.63, 3.8) is 0 Å². The number of halogens is 4. The number of nitrogens with zero attached hydrogens (tertiary/aromatic N) is 4. The number of thioether (sulfide) groups is 1. The van der Waals surface area contributed by atoms with Gasteiger partial charge in [0.05, 0.1) is 22.7 Å². The molecular formula is C23H23F4N5O2S. The third-order valence-electron chi connectivity index (χ3n) is 5.58. The van der Waals surface area contributed by atoms with E-state index in [1.807, 2.05) is 4.90 Å². The van der Waals surface area contributed by atoms with E-state index >= 15 is 0 Å². The highest BCUT2D eigenvalue weighted by atomic mass is 32.2. The lowest BCUT2D eigenvalue weighted by atomic mass is 10.1. The van der Waals surface area contributed by atoms with Crippen LogP contribution in [0.2, 0.25) is 0 Å². The number of carbonyl (C=O) groups excluding carboxylic acids is 1. The van der Waals surface area contributed by atoms with Crippen LogP contribution in [0.15, 0.2) is 52.1 Å². The maximum Gasteiger partial charge on any atom is 0.416 e. The summed E-state index contributed by atoms with van der Waals surface area (Å²) in [6.45, 7) is 5.82. The van der Waals surface area contributed by atoms with Crippen LogP contribution in [0, 0.1) is 5.82 Å². The molecule has 1 fully saturated rings. The van der Waals surface area contributed by atoms with Gasteiger partial charge in [0, 0.05) is 31.7 Å². The van der Waals surface area contributed by atoms with Gasteiger partial charge >= 0.3 is 6.18 Å². The van der Waals surface area contributed by atoms with E-state index in [1.54, 1.807) is 0 Å². The van der Waals surface area contributed by atoms with E-state index in [2.05, 4.69) is 27.3 Å². The maximum atomic E-state index is 13.3. The average Bonchev–Trinajstić information content (AvgIpc) is 3.32. The Kier molecular flexibility index (Phi) is 7.60. The molecular weight excluding hydrogens is 486 g/mol. The smallest absolute Gasteiger partial charge is 0.411 e. The van der Waals surface area contributed by atoms with Crippen molar-refractivity contribution in [2.45, 2.75) is 18.3 Å². The van der Waals surface area contributed by atoms with Gasteiger partial charge in [-0.1, -0.05) is 18.7 Å². The zero-order valence-corrected chi connectivity index (χ0v) is 19.6. The third kappa shape index (κ3) is 6.31. The Bertz CT molecular complexity index is 1160. The predicted octanol–water partition coefficient (Wildman–Crippen LogP) is 4.77. The number of anilines is 2. The molecule has 35 heavy (non-hydrogen) atoms. The number of piperazine rings is 1. The van der Waals surface area contributed by atoms with Gasteiger partial charge in [-0.3, -0.25) is 4.79 Å². The van der Waals surface area contributed by atoms with Crippen molar-refractivity contribution in [3.05, 3.63) is 53.8 Å². The standard InChI is InChI=1S/C23H23F4N5O2S/c1-2-31-9-11-32(12-10-31)19-8-5-16(23(25,26)27)13-18(19)28-20(33)14-35-22-30-29-21(34-22)15-3-6-17(24)7-4-15/h3-8,13H,2,9-12,14H2,1H3,(H,28,33). The van der Waals surface area contributed by atoms with Gasteiger partial charge in [-0.05, 0) is 49.0 Å². The molecule has 1 amide bonds. The van der Waals surface area contributed by atoms with Crippen molar-refractivity contribution >= 4 is 29.0 Å². The number of alkyl halides is 3. The van der Waals surface area contributed by atoms with Crippen LogP contribution < -0.4 is 10.2 Å². The molecule has 0 spiro atoms. The second-order valence-electron chi connectivity index (χ2n) is 7.87. The molecule has 12 heteroatoms. The molecule has 1 saturated heterocycles. The number of nitrogens with one attached hydrogen (secondary N) is 1. The Morgan fingerprint density at radius 1 is 1.09 bits per heavy atom. The molecule has 1 N–H and O–H groups in total. The van der Waals surface area contributed by atoms with Crippen molar-refractivity contribution in [2.24, 2.45) is 0 Å². The zero-order valence-electron chi connectivity index (χ0n) is 18.8. The molecule has 2 heterocycles. The highest BCUT2D eigenvalue weighted by molar-refractivity contribution is 7.99. The number of aromatic nitrogens is 2. The number of hydrogen-bond donors (Lipinski definition) is 1. The molecule has 0 atom stereocenters. The monoisotopic (exact) mass is 509 g/mol. The lowest BCUT2D eigenvalue weighted by Crippen LogP contribution is -2.46. The Morgan fingerprint density at radius 2 is 1.80 bits per heavy atom. The van der Waals surface area contributed by atoms with Gasteiger partial charge in [0.25, 0.3) is 5.22 Å². The summed E-state index contributed by atoms with van der Waals surface area (Å²) in [7, 11) is 0. The summed E-state index contributed by atoms with van der Waals surface area (Å²) in [5.74, 6) is -0.894. The fourth-order valence-corrected chi connectivity index (χ4v) is 4.25. The van der Waals surface area contributed by atoms with E-state index in [1.165, 1.54) is 30.3 Å². The maximum absolute atomic E-state index is 13.3. The second kappa shape index (κ2) is 10.6. The molecule has 7 nitrogen and oxygen atoms in total. The molecule has 2 aromatic carbocycles. The van der Waals surface area contributed by atoms with E-state index in [4.69, 9.17) is 4.42 Å². The largest absolute Gasteiger partial charge is 0.416 e. The lowest BCUT2D eigenvalue weighted by Gasteiger charge is -2.36. The van der Waals surface area contributed by atoms with Crippen molar-refractivity contribution in [1.82, 2.24) is 15.1 Å². The summed E-state index contributed by atoms with van der Waals surface area (Å²) in [4.78, 5) is 16.8. The first-order chi connectivity index (χ1) is 16.7. The first kappa shape index (κ1) is 25.0. The van der Waals surface area contributed by atoms with Crippen LogP contribution in [-0.4, -0.2) is 59.5 Å². The molecule has 0 radical (unpaired) electrons. The normalized spacial score (nSPS) is 14.8. The van der Waals surface area contributed by atoms with Crippen LogP contribution in [0.25, 0.3) is 11.5 Å². The number of amides is 1. The quantitative estimate of drug-likeness (QED) is 0.363. The van der Waals surface area contributed by atoms with E-state index < -0.39 is 23.5 Å². The van der Waals surface area contributed by atoms with Crippen molar-refractivity contribution in [3.8, 4) is 11.5 Å². The highest BCUT2D eigenvalue weighted by Crippen LogP contribution is 2.36. The molecule has 1 aliphatic rings. The minimum atomic E-state index is -4.53. The number of benzene rings is 2.